The minimum absolute atomic E-state index is 0.0794. The highest BCUT2D eigenvalue weighted by molar-refractivity contribution is 7.86. The molecule has 2 unspecified atom stereocenters. The second-order valence-corrected chi connectivity index (χ2v) is 19.5. The first kappa shape index (κ1) is 37.0. The molecule has 280 valence electrons. The summed E-state index contributed by atoms with van der Waals surface area (Å²) in [5, 5.41) is 4.07. The van der Waals surface area contributed by atoms with Crippen LogP contribution in [0.5, 0.6) is 0 Å². The Labute approximate surface area is 322 Å². The van der Waals surface area contributed by atoms with Crippen LogP contribution in [0.3, 0.4) is 0 Å². The van der Waals surface area contributed by atoms with E-state index < -0.39 is 42.2 Å². The molecule has 0 aromatic heterocycles. The van der Waals surface area contributed by atoms with E-state index >= 15 is 0 Å². The minimum Gasteiger partial charge on any atom is -0.748 e. The van der Waals surface area contributed by atoms with Crippen molar-refractivity contribution in [2.24, 2.45) is 0 Å². The number of rotatable bonds is 8. The van der Waals surface area contributed by atoms with E-state index in [0.29, 0.717) is 37.4 Å². The van der Waals surface area contributed by atoms with Crippen LogP contribution in [0.4, 0.5) is 11.4 Å². The molecule has 3 heterocycles. The van der Waals surface area contributed by atoms with Crippen molar-refractivity contribution in [1.29, 1.82) is 0 Å². The van der Waals surface area contributed by atoms with E-state index in [1.54, 1.807) is 0 Å². The topological polar surface area (TPSA) is 115 Å². The van der Waals surface area contributed by atoms with Gasteiger partial charge in [0.15, 0.2) is 5.71 Å². The van der Waals surface area contributed by atoms with Crippen LogP contribution in [0.15, 0.2) is 119 Å². The van der Waals surface area contributed by atoms with Crippen LogP contribution in [0.1, 0.15) is 64.5 Å². The molecule has 8 nitrogen and oxygen atoms in total. The van der Waals surface area contributed by atoms with Gasteiger partial charge in [0.2, 0.25) is 11.1 Å². The zero-order chi connectivity index (χ0) is 38.4. The van der Waals surface area contributed by atoms with Crippen LogP contribution in [0.25, 0.3) is 21.5 Å². The minimum atomic E-state index is -4.36. The molecule has 0 saturated carbocycles. The summed E-state index contributed by atoms with van der Waals surface area (Å²) in [5.74, 6) is -0.437. The second kappa shape index (κ2) is 12.8. The molecule has 4 aromatic rings. The molecule has 4 aliphatic rings. The lowest BCUT2D eigenvalue weighted by Crippen LogP contribution is -2.68. The third-order valence-corrected chi connectivity index (χ3v) is 14.8. The first-order valence-corrected chi connectivity index (χ1v) is 21.9. The Bertz CT molecular complexity index is 2670. The molecule has 2 atom stereocenters. The van der Waals surface area contributed by atoms with Gasteiger partial charge in [-0.15, -0.1) is 0 Å². The maximum Gasteiger partial charge on any atom is 0.320 e. The molecule has 1 fully saturated rings. The van der Waals surface area contributed by atoms with Crippen molar-refractivity contribution in [1.82, 2.24) is 4.48 Å². The Morgan fingerprint density at radius 2 is 1.50 bits per heavy atom. The van der Waals surface area contributed by atoms with Crippen molar-refractivity contribution in [3.63, 3.8) is 0 Å². The van der Waals surface area contributed by atoms with Gasteiger partial charge in [-0.25, -0.2) is 12.9 Å². The third-order valence-electron chi connectivity index (χ3n) is 12.2. The molecule has 8 rings (SSSR count). The van der Waals surface area contributed by atoms with Gasteiger partial charge in [-0.1, -0.05) is 72.3 Å². The van der Waals surface area contributed by atoms with Gasteiger partial charge in [0.25, 0.3) is 0 Å². The first-order chi connectivity index (χ1) is 25.5. The monoisotopic (exact) mass is 783 g/mol. The van der Waals surface area contributed by atoms with E-state index in [1.807, 2.05) is 48.6 Å². The first-order valence-electron chi connectivity index (χ1n) is 18.4. The Hall–Kier alpha value is -3.90. The third kappa shape index (κ3) is 5.76. The molecule has 11 heteroatoms. The smallest absolute Gasteiger partial charge is 0.320 e. The van der Waals surface area contributed by atoms with Crippen molar-refractivity contribution in [2.45, 2.75) is 69.6 Å². The summed E-state index contributed by atoms with van der Waals surface area (Å²) < 4.78 is 73.0. The Balaban J connectivity index is 1.19. The van der Waals surface area contributed by atoms with Crippen LogP contribution in [0.2, 0.25) is 0 Å². The quantitative estimate of drug-likeness (QED) is 0.109. The molecule has 1 spiro atoms. The Morgan fingerprint density at radius 3 is 2.13 bits per heavy atom. The molecule has 4 aromatic carbocycles. The normalized spacial score (nSPS) is 24.8. The summed E-state index contributed by atoms with van der Waals surface area (Å²) in [5.41, 5.74) is 7.01. The summed E-state index contributed by atoms with van der Waals surface area (Å²) in [7, 11) is -8.71. The largest absolute Gasteiger partial charge is 0.748 e. The zero-order valence-electron chi connectivity index (χ0n) is 30.8. The molecular weight excluding hydrogens is 740 g/mol. The van der Waals surface area contributed by atoms with Gasteiger partial charge in [0.05, 0.1) is 33.9 Å². The number of quaternary nitrogens is 1. The van der Waals surface area contributed by atoms with Gasteiger partial charge in [0.1, 0.15) is 17.9 Å². The van der Waals surface area contributed by atoms with Gasteiger partial charge >= 0.3 is 10.1 Å². The molecule has 1 aliphatic carbocycles. The number of halogens is 1. The van der Waals surface area contributed by atoms with Crippen LogP contribution in [-0.4, -0.2) is 60.4 Å². The highest BCUT2D eigenvalue weighted by Crippen LogP contribution is 2.60. The fraction of sp³-hybridized carbons (Fsp3) is 0.326. The van der Waals surface area contributed by atoms with E-state index in [-0.39, 0.29) is 10.9 Å². The average Bonchev–Trinajstić information content (AvgIpc) is 3.63. The van der Waals surface area contributed by atoms with E-state index in [1.165, 1.54) is 0 Å². The summed E-state index contributed by atoms with van der Waals surface area (Å²) in [4.78, 5) is 0. The number of hydrogen-bond acceptors (Lipinski definition) is 5. The van der Waals surface area contributed by atoms with Crippen molar-refractivity contribution < 1.29 is 30.5 Å². The van der Waals surface area contributed by atoms with Crippen LogP contribution >= 0.6 is 11.6 Å². The SMILES string of the molecule is CC1(C)C(C=CC2=C(Cl)/C(=C/C=C3C(C)(C)c4c(ccc5ccccc45)[N+]34CCC4S(=O)(=O)O)CC2)=[N+](CCCS(=O)(=O)[O-])c2ccc3ccccc3c21. The van der Waals surface area contributed by atoms with Crippen LogP contribution in [-0.2, 0) is 31.1 Å². The second-order valence-electron chi connectivity index (χ2n) is 16.0. The highest BCUT2D eigenvalue weighted by atomic mass is 35.5. The molecule has 3 aliphatic heterocycles. The molecule has 54 heavy (non-hydrogen) atoms. The summed E-state index contributed by atoms with van der Waals surface area (Å²) >= 11 is 7.15. The molecule has 1 N–H and O–H groups in total. The van der Waals surface area contributed by atoms with Gasteiger partial charge in [-0.2, -0.15) is 13.0 Å². The number of hydrogen-bond donors (Lipinski definition) is 1. The summed E-state index contributed by atoms with van der Waals surface area (Å²) in [6.45, 7) is 9.55. The molecular formula is C43H44ClN2O6S2+. The molecule has 0 amide bonds. The number of benzene rings is 4. The predicted octanol–water partition coefficient (Wildman–Crippen LogP) is 8.87. The Morgan fingerprint density at radius 1 is 0.852 bits per heavy atom. The van der Waals surface area contributed by atoms with Crippen molar-refractivity contribution in [2.75, 3.05) is 18.8 Å². The predicted molar refractivity (Wildman–Crippen MR) is 217 cm³/mol. The average molecular weight is 784 g/mol. The lowest BCUT2D eigenvalue weighted by molar-refractivity contribution is -0.437. The summed E-state index contributed by atoms with van der Waals surface area (Å²) in [6.07, 6.45) is 10.2. The summed E-state index contributed by atoms with van der Waals surface area (Å²) in [6, 6.07) is 24.6. The van der Waals surface area contributed by atoms with Gasteiger partial charge in [0, 0.05) is 46.5 Å². The van der Waals surface area contributed by atoms with Crippen molar-refractivity contribution in [3.05, 3.63) is 130 Å². The van der Waals surface area contributed by atoms with E-state index in [9.17, 15) is 25.9 Å². The zero-order valence-corrected chi connectivity index (χ0v) is 33.2. The van der Waals surface area contributed by atoms with E-state index in [2.05, 4.69) is 80.8 Å². The molecule has 1 saturated heterocycles. The maximum absolute atomic E-state index is 12.9. The van der Waals surface area contributed by atoms with Crippen LogP contribution in [0, 0.1) is 0 Å². The van der Waals surface area contributed by atoms with Gasteiger partial charge in [-0.05, 0) is 91.4 Å². The van der Waals surface area contributed by atoms with E-state index in [4.69, 9.17) is 11.6 Å². The fourth-order valence-corrected chi connectivity index (χ4v) is 11.8. The maximum atomic E-state index is 12.9. The lowest BCUT2D eigenvalue weighted by Gasteiger charge is -2.49. The van der Waals surface area contributed by atoms with Crippen molar-refractivity contribution >= 4 is 70.5 Å². The Kier molecular flexibility index (Phi) is 8.80. The lowest BCUT2D eigenvalue weighted by atomic mass is 9.79. The number of nitrogens with zero attached hydrogens (tertiary/aromatic N) is 2. The number of allylic oxidation sites excluding steroid dienone is 8. The van der Waals surface area contributed by atoms with Gasteiger partial charge in [-0.3, -0.25) is 4.55 Å². The highest BCUT2D eigenvalue weighted by Gasteiger charge is 2.66. The fourth-order valence-electron chi connectivity index (χ4n) is 9.81. The van der Waals surface area contributed by atoms with E-state index in [0.717, 1.165) is 66.6 Å². The molecule has 0 bridgehead atoms. The van der Waals surface area contributed by atoms with Gasteiger partial charge < -0.3 is 4.55 Å². The molecule has 0 radical (unpaired) electrons. The van der Waals surface area contributed by atoms with Crippen LogP contribution < -0.4 is 4.48 Å². The number of fused-ring (bicyclic) bond motifs is 7. The standard InChI is InChI=1S/C43H43ClN2O6S2/c1-42(2)36(45(25-9-27-53(47,48)49)34-20-16-28-10-5-7-12-32(28)39(34)42)22-18-30-14-15-31(41(30)44)19-23-37-43(3,4)40-33-13-8-6-11-29(33)17-21-35(40)46(37)26-24-38(46)54(50,51)52/h5-8,10-13,16-23,38H,9,14-15,24-27H2,1-4H3/p+1/b22-18?,31-19+,37-23?. The van der Waals surface area contributed by atoms with Crippen molar-refractivity contribution in [3.8, 4) is 0 Å².